The molecule has 2 unspecified atom stereocenters. The smallest absolute Gasteiger partial charge is 0.223 e. The molecule has 6 heteroatoms. The van der Waals surface area contributed by atoms with Crippen LogP contribution in [0.3, 0.4) is 0 Å². The molecule has 0 aromatic heterocycles. The lowest BCUT2D eigenvalue weighted by molar-refractivity contribution is -0.125. The van der Waals surface area contributed by atoms with Crippen LogP contribution in [0.1, 0.15) is 24.2 Å². The van der Waals surface area contributed by atoms with Crippen LogP contribution in [0.2, 0.25) is 0 Å². The fourth-order valence-corrected chi connectivity index (χ4v) is 2.51. The average Bonchev–Trinajstić information content (AvgIpc) is 2.60. The van der Waals surface area contributed by atoms with Crippen LogP contribution in [0.15, 0.2) is 42.5 Å². The zero-order valence-electron chi connectivity index (χ0n) is 14.1. The zero-order valence-corrected chi connectivity index (χ0v) is 14.1. The minimum Gasteiger partial charge on any atom is -0.497 e. The number of benzene rings is 2. The van der Waals surface area contributed by atoms with Crippen molar-refractivity contribution >= 4 is 5.91 Å². The van der Waals surface area contributed by atoms with Gasteiger partial charge in [-0.2, -0.15) is 0 Å². The predicted molar refractivity (Wildman–Crippen MR) is 90.2 cm³/mol. The van der Waals surface area contributed by atoms with Crippen LogP contribution in [0.5, 0.6) is 5.75 Å². The Balaban J connectivity index is 1.90. The van der Waals surface area contributed by atoms with E-state index in [-0.39, 0.29) is 18.4 Å². The quantitative estimate of drug-likeness (QED) is 0.808. The van der Waals surface area contributed by atoms with Crippen molar-refractivity contribution in [3.8, 4) is 5.75 Å². The van der Waals surface area contributed by atoms with Crippen molar-refractivity contribution in [3.63, 3.8) is 0 Å². The summed E-state index contributed by atoms with van der Waals surface area (Å²) in [7, 11) is 1.58. The Morgan fingerprint density at radius 3 is 2.32 bits per heavy atom. The number of nitrogens with one attached hydrogen (secondary N) is 1. The van der Waals surface area contributed by atoms with E-state index in [1.165, 1.54) is 6.07 Å². The number of ether oxygens (including phenoxy) is 1. The molecule has 0 aliphatic carbocycles. The molecule has 0 saturated carbocycles. The van der Waals surface area contributed by atoms with E-state index in [0.29, 0.717) is 6.42 Å². The summed E-state index contributed by atoms with van der Waals surface area (Å²) in [4.78, 5) is 12.1. The first-order chi connectivity index (χ1) is 11.9. The highest BCUT2D eigenvalue weighted by Gasteiger charge is 2.20. The molecule has 0 heterocycles. The highest BCUT2D eigenvalue weighted by molar-refractivity contribution is 5.78. The summed E-state index contributed by atoms with van der Waals surface area (Å²) in [5.41, 5.74) is 0.523. The molecule has 0 radical (unpaired) electrons. The standard InChI is InChI=1S/C19H21F2NO3/c1-12(10-13-6-8-14(25-2)9-7-13)19(24)22-11-17(23)18-15(20)4-3-5-16(18)21/h3-9,12,17,23H,10-11H2,1-2H3,(H,22,24). The molecule has 2 rings (SSSR count). The molecule has 0 spiro atoms. The van der Waals surface area contributed by atoms with Gasteiger partial charge in [-0.15, -0.1) is 0 Å². The number of aliphatic hydroxyl groups is 1. The van der Waals surface area contributed by atoms with E-state index in [1.54, 1.807) is 14.0 Å². The molecule has 0 saturated heterocycles. The van der Waals surface area contributed by atoms with Gasteiger partial charge in [0.25, 0.3) is 0 Å². The number of carbonyl (C=O) groups excluding carboxylic acids is 1. The van der Waals surface area contributed by atoms with Crippen LogP contribution in [0.25, 0.3) is 0 Å². The van der Waals surface area contributed by atoms with Gasteiger partial charge in [0.15, 0.2) is 0 Å². The van der Waals surface area contributed by atoms with E-state index in [2.05, 4.69) is 5.32 Å². The maximum Gasteiger partial charge on any atom is 0.223 e. The number of amides is 1. The van der Waals surface area contributed by atoms with Crippen molar-refractivity contribution < 1.29 is 23.4 Å². The van der Waals surface area contributed by atoms with Gasteiger partial charge in [0.05, 0.1) is 12.7 Å². The molecule has 2 aromatic carbocycles. The Morgan fingerprint density at radius 2 is 1.76 bits per heavy atom. The first-order valence-corrected chi connectivity index (χ1v) is 7.95. The predicted octanol–water partition coefficient (Wildman–Crippen LogP) is 3.00. The highest BCUT2D eigenvalue weighted by atomic mass is 19.1. The molecule has 2 N–H and O–H groups in total. The van der Waals surface area contributed by atoms with Gasteiger partial charge in [-0.05, 0) is 36.2 Å². The largest absolute Gasteiger partial charge is 0.497 e. The Bertz CT molecular complexity index is 699. The minimum absolute atomic E-state index is 0.260. The summed E-state index contributed by atoms with van der Waals surface area (Å²) < 4.78 is 32.3. The first kappa shape index (κ1) is 18.9. The van der Waals surface area contributed by atoms with Crippen LogP contribution in [-0.2, 0) is 11.2 Å². The Labute approximate surface area is 145 Å². The summed E-state index contributed by atoms with van der Waals surface area (Å²) >= 11 is 0. The SMILES string of the molecule is COc1ccc(CC(C)C(=O)NCC(O)c2c(F)cccc2F)cc1. The number of hydrogen-bond donors (Lipinski definition) is 2. The van der Waals surface area contributed by atoms with Crippen molar-refractivity contribution in [2.24, 2.45) is 5.92 Å². The molecule has 0 fully saturated rings. The highest BCUT2D eigenvalue weighted by Crippen LogP contribution is 2.20. The number of aliphatic hydroxyl groups excluding tert-OH is 1. The van der Waals surface area contributed by atoms with E-state index in [0.717, 1.165) is 23.4 Å². The second-order valence-electron chi connectivity index (χ2n) is 5.85. The third kappa shape index (κ3) is 5.00. The van der Waals surface area contributed by atoms with Gasteiger partial charge in [0.2, 0.25) is 5.91 Å². The Morgan fingerprint density at radius 1 is 1.16 bits per heavy atom. The fraction of sp³-hybridized carbons (Fsp3) is 0.316. The van der Waals surface area contributed by atoms with Gasteiger partial charge in [-0.3, -0.25) is 4.79 Å². The summed E-state index contributed by atoms with van der Waals surface area (Å²) in [6, 6.07) is 10.7. The zero-order chi connectivity index (χ0) is 18.4. The van der Waals surface area contributed by atoms with E-state index in [9.17, 15) is 18.7 Å². The van der Waals surface area contributed by atoms with Crippen LogP contribution < -0.4 is 10.1 Å². The average molecular weight is 349 g/mol. The number of carbonyl (C=O) groups is 1. The monoisotopic (exact) mass is 349 g/mol. The second kappa shape index (κ2) is 8.58. The van der Waals surface area contributed by atoms with Gasteiger partial charge < -0.3 is 15.2 Å². The number of halogens is 2. The third-order valence-electron chi connectivity index (χ3n) is 3.95. The Kier molecular flexibility index (Phi) is 6.47. The summed E-state index contributed by atoms with van der Waals surface area (Å²) in [5, 5.41) is 12.5. The van der Waals surface area contributed by atoms with E-state index in [4.69, 9.17) is 4.74 Å². The van der Waals surface area contributed by atoms with Crippen molar-refractivity contribution in [1.82, 2.24) is 5.32 Å². The topological polar surface area (TPSA) is 58.6 Å². The summed E-state index contributed by atoms with van der Waals surface area (Å²) in [6.45, 7) is 1.49. The molecule has 2 aromatic rings. The number of hydrogen-bond acceptors (Lipinski definition) is 3. The van der Waals surface area contributed by atoms with E-state index >= 15 is 0 Å². The van der Waals surface area contributed by atoms with E-state index in [1.807, 2.05) is 24.3 Å². The molecule has 4 nitrogen and oxygen atoms in total. The minimum atomic E-state index is -1.45. The van der Waals surface area contributed by atoms with Crippen molar-refractivity contribution in [2.75, 3.05) is 13.7 Å². The molecular formula is C19H21F2NO3. The van der Waals surface area contributed by atoms with Crippen molar-refractivity contribution in [1.29, 1.82) is 0 Å². The molecule has 134 valence electrons. The Hall–Kier alpha value is -2.47. The van der Waals surface area contributed by atoms with Gasteiger partial charge >= 0.3 is 0 Å². The fourth-order valence-electron chi connectivity index (χ4n) is 2.51. The molecule has 1 amide bonds. The van der Waals surface area contributed by atoms with Crippen LogP contribution >= 0.6 is 0 Å². The molecule has 2 atom stereocenters. The molecule has 0 bridgehead atoms. The molecule has 0 aliphatic heterocycles. The maximum absolute atomic E-state index is 13.6. The van der Waals surface area contributed by atoms with E-state index < -0.39 is 23.3 Å². The maximum atomic E-state index is 13.6. The molecule has 25 heavy (non-hydrogen) atoms. The normalized spacial score (nSPS) is 13.2. The van der Waals surface area contributed by atoms with Gasteiger partial charge in [0.1, 0.15) is 23.5 Å². The van der Waals surface area contributed by atoms with Crippen molar-refractivity contribution in [2.45, 2.75) is 19.4 Å². The number of rotatable bonds is 7. The summed E-state index contributed by atoms with van der Waals surface area (Å²) in [5.74, 6) is -1.60. The van der Waals surface area contributed by atoms with Crippen LogP contribution in [-0.4, -0.2) is 24.7 Å². The lowest BCUT2D eigenvalue weighted by Gasteiger charge is -2.16. The van der Waals surface area contributed by atoms with Crippen LogP contribution in [0.4, 0.5) is 8.78 Å². The first-order valence-electron chi connectivity index (χ1n) is 7.95. The van der Waals surface area contributed by atoms with Gasteiger partial charge in [-0.1, -0.05) is 25.1 Å². The van der Waals surface area contributed by atoms with Gasteiger partial charge in [0, 0.05) is 12.5 Å². The van der Waals surface area contributed by atoms with Gasteiger partial charge in [-0.25, -0.2) is 8.78 Å². The number of methoxy groups -OCH3 is 1. The van der Waals surface area contributed by atoms with Crippen LogP contribution in [0, 0.1) is 17.6 Å². The molecule has 0 aliphatic rings. The second-order valence-corrected chi connectivity index (χ2v) is 5.85. The van der Waals surface area contributed by atoms with Crippen molar-refractivity contribution in [3.05, 3.63) is 65.2 Å². The lowest BCUT2D eigenvalue weighted by Crippen LogP contribution is -2.34. The molecular weight excluding hydrogens is 328 g/mol. The summed E-state index contributed by atoms with van der Waals surface area (Å²) in [6.07, 6.45) is -0.946. The third-order valence-corrected chi connectivity index (χ3v) is 3.95. The lowest BCUT2D eigenvalue weighted by atomic mass is 10.00.